The number of carbonyl (C=O) groups is 2. The Balaban J connectivity index is 3.49. The molecule has 0 bridgehead atoms. The molecule has 0 radical (unpaired) electrons. The van der Waals surface area contributed by atoms with Gasteiger partial charge in [0.15, 0.2) is 0 Å². The lowest BCUT2D eigenvalue weighted by Crippen LogP contribution is -2.32. The van der Waals surface area contributed by atoms with E-state index in [4.69, 9.17) is 0 Å². The van der Waals surface area contributed by atoms with E-state index in [9.17, 15) is 9.59 Å². The Morgan fingerprint density at radius 1 is 0.900 bits per heavy atom. The molecule has 0 aromatic rings. The highest BCUT2D eigenvalue weighted by atomic mass is 16.2. The number of nitrogens with one attached hydrogen (secondary N) is 2. The van der Waals surface area contributed by atoms with Crippen molar-refractivity contribution in [3.63, 3.8) is 0 Å². The number of hydrogen-bond donors (Lipinski definition) is 2. The molecule has 0 heterocycles. The summed E-state index contributed by atoms with van der Waals surface area (Å²) >= 11 is 0. The minimum atomic E-state index is 0.107. The first-order valence-corrected chi connectivity index (χ1v) is 8.16. The van der Waals surface area contributed by atoms with Gasteiger partial charge in [0.2, 0.25) is 11.8 Å². The summed E-state index contributed by atoms with van der Waals surface area (Å²) in [6.45, 7) is 7.08. The van der Waals surface area contributed by atoms with Crippen molar-refractivity contribution in [2.45, 2.75) is 84.6 Å². The van der Waals surface area contributed by atoms with E-state index < -0.39 is 0 Å². The van der Waals surface area contributed by atoms with Gasteiger partial charge in [0, 0.05) is 25.4 Å². The molecular weight excluding hydrogens is 252 g/mol. The van der Waals surface area contributed by atoms with Crippen LogP contribution < -0.4 is 10.6 Å². The van der Waals surface area contributed by atoms with Crippen molar-refractivity contribution in [2.75, 3.05) is 6.54 Å². The zero-order valence-electron chi connectivity index (χ0n) is 13.5. The quantitative estimate of drug-likeness (QED) is 0.541. The third-order valence-corrected chi connectivity index (χ3v) is 3.31. The number of amides is 2. The second kappa shape index (κ2) is 12.9. The van der Waals surface area contributed by atoms with Crippen molar-refractivity contribution >= 4 is 11.8 Å². The fourth-order valence-corrected chi connectivity index (χ4v) is 1.99. The molecule has 118 valence electrons. The van der Waals surface area contributed by atoms with Gasteiger partial charge < -0.3 is 10.6 Å². The lowest BCUT2D eigenvalue weighted by Gasteiger charge is -2.13. The summed E-state index contributed by atoms with van der Waals surface area (Å²) in [6.07, 6.45) is 8.11. The van der Waals surface area contributed by atoms with Crippen molar-refractivity contribution in [1.29, 1.82) is 0 Å². The smallest absolute Gasteiger partial charge is 0.220 e. The van der Waals surface area contributed by atoms with Gasteiger partial charge in [-0.15, -0.1) is 0 Å². The van der Waals surface area contributed by atoms with Crippen LogP contribution in [0.4, 0.5) is 0 Å². The highest BCUT2D eigenvalue weighted by molar-refractivity contribution is 5.77. The third kappa shape index (κ3) is 12.0. The maximum Gasteiger partial charge on any atom is 0.220 e. The second-order valence-corrected chi connectivity index (χ2v) is 5.52. The first kappa shape index (κ1) is 18.9. The highest BCUT2D eigenvalue weighted by Crippen LogP contribution is 2.03. The molecule has 0 aliphatic rings. The van der Waals surface area contributed by atoms with Gasteiger partial charge in [0.1, 0.15) is 0 Å². The number of carbonyl (C=O) groups excluding carboxylic acids is 2. The minimum absolute atomic E-state index is 0.107. The Bertz CT molecular complexity index is 267. The summed E-state index contributed by atoms with van der Waals surface area (Å²) < 4.78 is 0. The lowest BCUT2D eigenvalue weighted by atomic mass is 10.1. The molecule has 2 amide bonds. The third-order valence-electron chi connectivity index (χ3n) is 3.31. The van der Waals surface area contributed by atoms with Crippen LogP contribution in [-0.4, -0.2) is 24.4 Å². The minimum Gasteiger partial charge on any atom is -0.356 e. The molecule has 0 saturated carbocycles. The molecule has 4 heteroatoms. The molecule has 4 nitrogen and oxygen atoms in total. The SMILES string of the molecule is CCCCNC(=O)CCCCC(=O)NC(C)CCCC. The van der Waals surface area contributed by atoms with Gasteiger partial charge in [-0.3, -0.25) is 9.59 Å². The summed E-state index contributed by atoms with van der Waals surface area (Å²) in [7, 11) is 0. The van der Waals surface area contributed by atoms with E-state index in [1.807, 2.05) is 0 Å². The molecule has 0 saturated heterocycles. The molecule has 1 atom stereocenters. The van der Waals surface area contributed by atoms with Crippen molar-refractivity contribution in [2.24, 2.45) is 0 Å². The molecule has 1 unspecified atom stereocenters. The Morgan fingerprint density at radius 2 is 1.50 bits per heavy atom. The standard InChI is InChI=1S/C16H32N2O2/c1-4-6-10-14(3)18-16(20)12-9-8-11-15(19)17-13-7-5-2/h14H,4-13H2,1-3H3,(H,17,19)(H,18,20). The molecule has 0 spiro atoms. The van der Waals surface area contributed by atoms with E-state index >= 15 is 0 Å². The van der Waals surface area contributed by atoms with Gasteiger partial charge in [-0.2, -0.15) is 0 Å². The zero-order valence-corrected chi connectivity index (χ0v) is 13.5. The Labute approximate surface area is 124 Å². The van der Waals surface area contributed by atoms with Crippen LogP contribution >= 0.6 is 0 Å². The number of rotatable bonds is 12. The predicted octanol–water partition coefficient (Wildman–Crippen LogP) is 3.16. The van der Waals surface area contributed by atoms with Gasteiger partial charge in [-0.1, -0.05) is 33.1 Å². The maximum absolute atomic E-state index is 11.7. The molecule has 0 aromatic heterocycles. The Kier molecular flexibility index (Phi) is 12.3. The van der Waals surface area contributed by atoms with Gasteiger partial charge in [-0.25, -0.2) is 0 Å². The van der Waals surface area contributed by atoms with E-state index in [2.05, 4.69) is 31.4 Å². The molecule has 0 aliphatic heterocycles. The largest absolute Gasteiger partial charge is 0.356 e. The second-order valence-electron chi connectivity index (χ2n) is 5.52. The topological polar surface area (TPSA) is 58.2 Å². The molecule has 0 fully saturated rings. The fourth-order valence-electron chi connectivity index (χ4n) is 1.99. The van der Waals surface area contributed by atoms with Crippen molar-refractivity contribution in [3.8, 4) is 0 Å². The monoisotopic (exact) mass is 284 g/mol. The Hall–Kier alpha value is -1.06. The molecule has 0 rings (SSSR count). The molecule has 0 aliphatic carbocycles. The summed E-state index contributed by atoms with van der Waals surface area (Å²) in [6, 6.07) is 0.264. The predicted molar refractivity (Wildman–Crippen MR) is 83.5 cm³/mol. The molecule has 2 N–H and O–H groups in total. The lowest BCUT2D eigenvalue weighted by molar-refractivity contribution is -0.123. The Morgan fingerprint density at radius 3 is 2.10 bits per heavy atom. The van der Waals surface area contributed by atoms with Crippen LogP contribution in [-0.2, 0) is 9.59 Å². The van der Waals surface area contributed by atoms with Crippen molar-refractivity contribution in [1.82, 2.24) is 10.6 Å². The van der Waals surface area contributed by atoms with Crippen LogP contribution in [0.5, 0.6) is 0 Å². The van der Waals surface area contributed by atoms with E-state index in [0.29, 0.717) is 12.8 Å². The van der Waals surface area contributed by atoms with E-state index in [1.54, 1.807) is 0 Å². The van der Waals surface area contributed by atoms with Crippen LogP contribution in [0.25, 0.3) is 0 Å². The van der Waals surface area contributed by atoms with Gasteiger partial charge >= 0.3 is 0 Å². The van der Waals surface area contributed by atoms with Gasteiger partial charge in [-0.05, 0) is 32.6 Å². The fraction of sp³-hybridized carbons (Fsp3) is 0.875. The van der Waals surface area contributed by atoms with E-state index in [1.165, 1.54) is 0 Å². The van der Waals surface area contributed by atoms with Crippen molar-refractivity contribution < 1.29 is 9.59 Å². The van der Waals surface area contributed by atoms with Crippen LogP contribution in [0.1, 0.15) is 78.6 Å². The number of unbranched alkanes of at least 4 members (excludes halogenated alkanes) is 3. The molecule has 0 aromatic carbocycles. The summed E-state index contributed by atoms with van der Waals surface area (Å²) in [4.78, 5) is 23.1. The van der Waals surface area contributed by atoms with Crippen LogP contribution in [0.2, 0.25) is 0 Å². The van der Waals surface area contributed by atoms with Crippen LogP contribution in [0.3, 0.4) is 0 Å². The summed E-state index contributed by atoms with van der Waals surface area (Å²) in [5.41, 5.74) is 0. The zero-order chi connectivity index (χ0) is 15.2. The summed E-state index contributed by atoms with van der Waals surface area (Å²) in [5.74, 6) is 0.218. The average molecular weight is 284 g/mol. The number of hydrogen-bond acceptors (Lipinski definition) is 2. The first-order chi connectivity index (χ1) is 9.60. The van der Waals surface area contributed by atoms with Crippen LogP contribution in [0, 0.1) is 0 Å². The van der Waals surface area contributed by atoms with Gasteiger partial charge in [0.25, 0.3) is 0 Å². The van der Waals surface area contributed by atoms with Gasteiger partial charge in [0.05, 0.1) is 0 Å². The average Bonchev–Trinajstić information content (AvgIpc) is 2.41. The van der Waals surface area contributed by atoms with Crippen LogP contribution in [0.15, 0.2) is 0 Å². The molecule has 20 heavy (non-hydrogen) atoms. The van der Waals surface area contributed by atoms with Crippen molar-refractivity contribution in [3.05, 3.63) is 0 Å². The van der Waals surface area contributed by atoms with E-state index in [0.717, 1.165) is 51.5 Å². The highest BCUT2D eigenvalue weighted by Gasteiger charge is 2.07. The maximum atomic E-state index is 11.7. The normalized spacial score (nSPS) is 11.9. The molecular formula is C16H32N2O2. The summed E-state index contributed by atoms with van der Waals surface area (Å²) in [5, 5.41) is 5.89. The first-order valence-electron chi connectivity index (χ1n) is 8.16. The van der Waals surface area contributed by atoms with E-state index in [-0.39, 0.29) is 17.9 Å².